The fourth-order valence-corrected chi connectivity index (χ4v) is 5.08. The summed E-state index contributed by atoms with van der Waals surface area (Å²) < 4.78 is 1.76. The zero-order valence-electron chi connectivity index (χ0n) is 19.6. The van der Waals surface area contributed by atoms with Crippen molar-refractivity contribution in [3.05, 3.63) is 94.4 Å². The topological polar surface area (TPSA) is 71.3 Å². The highest BCUT2D eigenvalue weighted by Crippen LogP contribution is 2.19. The van der Waals surface area contributed by atoms with Crippen LogP contribution in [-0.2, 0) is 11.3 Å². The number of rotatable bonds is 6. The molecule has 8 heteroatoms. The van der Waals surface area contributed by atoms with Crippen molar-refractivity contribution in [3.63, 3.8) is 0 Å². The van der Waals surface area contributed by atoms with Gasteiger partial charge in [-0.15, -0.1) is 0 Å². The minimum absolute atomic E-state index is 0.0233. The molecular formula is C27H27N5O2S. The third-order valence-corrected chi connectivity index (χ3v) is 7.15. The number of aryl methyl sites for hydroxylation is 1. The standard InChI is InChI=1S/C27H27N5O2S/c1-20-9-11-21(12-10-20)18-32-23-7-3-2-6-22(23)29-26(27(32)34)35-19-25(33)31-16-14-30(15-17-31)24-8-4-5-13-28-24/h2-13H,14-19H2,1H3. The van der Waals surface area contributed by atoms with Crippen LogP contribution in [0.4, 0.5) is 5.82 Å². The van der Waals surface area contributed by atoms with Gasteiger partial charge >= 0.3 is 0 Å². The van der Waals surface area contributed by atoms with E-state index in [2.05, 4.69) is 14.9 Å². The zero-order chi connectivity index (χ0) is 24.2. The maximum atomic E-state index is 13.4. The number of hydrogen-bond acceptors (Lipinski definition) is 6. The van der Waals surface area contributed by atoms with Gasteiger partial charge in [0.1, 0.15) is 5.82 Å². The Hall–Kier alpha value is -3.65. The van der Waals surface area contributed by atoms with Crippen molar-refractivity contribution >= 4 is 34.5 Å². The fraction of sp³-hybridized carbons (Fsp3) is 0.259. The summed E-state index contributed by atoms with van der Waals surface area (Å²) in [5.74, 6) is 1.15. The number of amides is 1. The molecule has 0 aliphatic carbocycles. The summed E-state index contributed by atoms with van der Waals surface area (Å²) in [5, 5.41) is 0.358. The summed E-state index contributed by atoms with van der Waals surface area (Å²) in [6, 6.07) is 21.7. The first-order valence-corrected chi connectivity index (χ1v) is 12.7. The molecule has 1 aliphatic rings. The highest BCUT2D eigenvalue weighted by molar-refractivity contribution is 7.99. The van der Waals surface area contributed by atoms with Gasteiger partial charge in [0.25, 0.3) is 5.56 Å². The molecule has 0 N–H and O–H groups in total. The third-order valence-electron chi connectivity index (χ3n) is 6.22. The normalized spacial score (nSPS) is 13.9. The molecule has 0 bridgehead atoms. The first-order chi connectivity index (χ1) is 17.1. The number of hydrogen-bond donors (Lipinski definition) is 0. The van der Waals surface area contributed by atoms with Gasteiger partial charge in [0.2, 0.25) is 5.91 Å². The molecule has 1 fully saturated rings. The molecule has 2 aromatic carbocycles. The average molecular weight is 486 g/mol. The van der Waals surface area contributed by atoms with E-state index in [4.69, 9.17) is 0 Å². The number of fused-ring (bicyclic) bond motifs is 1. The number of nitrogens with zero attached hydrogens (tertiary/aromatic N) is 5. The van der Waals surface area contributed by atoms with E-state index in [1.54, 1.807) is 10.8 Å². The Balaban J connectivity index is 1.29. The van der Waals surface area contributed by atoms with E-state index in [0.717, 1.165) is 35.5 Å². The second kappa shape index (κ2) is 10.3. The third kappa shape index (κ3) is 5.22. The number of para-hydroxylation sites is 2. The number of piperazine rings is 1. The van der Waals surface area contributed by atoms with Crippen LogP contribution in [0.25, 0.3) is 11.0 Å². The summed E-state index contributed by atoms with van der Waals surface area (Å²) in [7, 11) is 0. The van der Waals surface area contributed by atoms with Gasteiger partial charge < -0.3 is 9.80 Å². The zero-order valence-corrected chi connectivity index (χ0v) is 20.4. The lowest BCUT2D eigenvalue weighted by Gasteiger charge is -2.35. The Morgan fingerprint density at radius 1 is 0.943 bits per heavy atom. The maximum absolute atomic E-state index is 13.4. The van der Waals surface area contributed by atoms with Crippen molar-refractivity contribution in [2.24, 2.45) is 0 Å². The van der Waals surface area contributed by atoms with E-state index in [9.17, 15) is 9.59 Å². The molecule has 1 saturated heterocycles. The Morgan fingerprint density at radius 2 is 1.69 bits per heavy atom. The lowest BCUT2D eigenvalue weighted by Crippen LogP contribution is -2.49. The molecule has 0 spiro atoms. The SMILES string of the molecule is Cc1ccc(Cn2c(=O)c(SCC(=O)N3CCN(c4ccccn4)CC3)nc3ccccc32)cc1. The van der Waals surface area contributed by atoms with Crippen LogP contribution in [0, 0.1) is 6.92 Å². The van der Waals surface area contributed by atoms with Gasteiger partial charge in [0.05, 0.1) is 23.3 Å². The van der Waals surface area contributed by atoms with Crippen molar-refractivity contribution in [2.75, 3.05) is 36.8 Å². The van der Waals surface area contributed by atoms with E-state index in [0.29, 0.717) is 24.7 Å². The molecule has 0 unspecified atom stereocenters. The highest BCUT2D eigenvalue weighted by Gasteiger charge is 2.22. The summed E-state index contributed by atoms with van der Waals surface area (Å²) in [6.45, 7) is 5.26. The van der Waals surface area contributed by atoms with Crippen LogP contribution in [0.15, 0.2) is 82.7 Å². The van der Waals surface area contributed by atoms with Crippen molar-refractivity contribution in [3.8, 4) is 0 Å². The monoisotopic (exact) mass is 485 g/mol. The summed E-state index contributed by atoms with van der Waals surface area (Å²) in [5.41, 5.74) is 3.60. The van der Waals surface area contributed by atoms with Gasteiger partial charge in [-0.05, 0) is 36.8 Å². The summed E-state index contributed by atoms with van der Waals surface area (Å²) in [6.07, 6.45) is 1.78. The Bertz CT molecular complexity index is 1380. The number of pyridine rings is 1. The second-order valence-electron chi connectivity index (χ2n) is 8.63. The van der Waals surface area contributed by atoms with Gasteiger partial charge in [-0.2, -0.15) is 0 Å². The van der Waals surface area contributed by atoms with Crippen LogP contribution in [0.3, 0.4) is 0 Å². The number of carbonyl (C=O) groups is 1. The van der Waals surface area contributed by atoms with Crippen molar-refractivity contribution in [1.82, 2.24) is 19.4 Å². The van der Waals surface area contributed by atoms with Crippen molar-refractivity contribution in [2.45, 2.75) is 18.5 Å². The lowest BCUT2D eigenvalue weighted by molar-refractivity contribution is -0.128. The Labute approximate surface area is 208 Å². The number of aromatic nitrogens is 3. The van der Waals surface area contributed by atoms with Crippen LogP contribution in [-0.4, -0.2) is 57.3 Å². The molecule has 0 saturated carbocycles. The molecular weight excluding hydrogens is 458 g/mol. The maximum Gasteiger partial charge on any atom is 0.283 e. The van der Waals surface area contributed by atoms with E-state index in [-0.39, 0.29) is 17.2 Å². The van der Waals surface area contributed by atoms with Crippen LogP contribution < -0.4 is 10.5 Å². The predicted octanol–water partition coefficient (Wildman–Crippen LogP) is 3.59. The number of benzene rings is 2. The molecule has 0 radical (unpaired) electrons. The molecule has 1 amide bonds. The van der Waals surface area contributed by atoms with Crippen LogP contribution >= 0.6 is 11.8 Å². The first-order valence-electron chi connectivity index (χ1n) is 11.7. The van der Waals surface area contributed by atoms with Crippen LogP contribution in [0.2, 0.25) is 0 Å². The minimum atomic E-state index is -0.165. The van der Waals surface area contributed by atoms with E-state index >= 15 is 0 Å². The molecule has 5 rings (SSSR count). The Morgan fingerprint density at radius 3 is 2.43 bits per heavy atom. The minimum Gasteiger partial charge on any atom is -0.353 e. The number of anilines is 1. The smallest absolute Gasteiger partial charge is 0.283 e. The average Bonchev–Trinajstić information content (AvgIpc) is 2.91. The van der Waals surface area contributed by atoms with Gasteiger partial charge in [0.15, 0.2) is 5.03 Å². The predicted molar refractivity (Wildman–Crippen MR) is 140 cm³/mol. The molecule has 3 heterocycles. The van der Waals surface area contributed by atoms with E-state index in [1.807, 2.05) is 78.6 Å². The largest absolute Gasteiger partial charge is 0.353 e. The molecule has 7 nitrogen and oxygen atoms in total. The first kappa shape index (κ1) is 23.1. The van der Waals surface area contributed by atoms with Gasteiger partial charge in [-0.25, -0.2) is 9.97 Å². The molecule has 4 aromatic rings. The summed E-state index contributed by atoms with van der Waals surface area (Å²) >= 11 is 1.23. The van der Waals surface area contributed by atoms with E-state index in [1.165, 1.54) is 17.3 Å². The second-order valence-corrected chi connectivity index (χ2v) is 9.59. The lowest BCUT2D eigenvalue weighted by atomic mass is 10.1. The summed E-state index contributed by atoms with van der Waals surface area (Å²) in [4.78, 5) is 39.4. The highest BCUT2D eigenvalue weighted by atomic mass is 32.2. The van der Waals surface area contributed by atoms with E-state index < -0.39 is 0 Å². The van der Waals surface area contributed by atoms with Crippen molar-refractivity contribution < 1.29 is 4.79 Å². The van der Waals surface area contributed by atoms with Gasteiger partial charge in [0, 0.05) is 32.4 Å². The molecule has 1 aliphatic heterocycles. The molecule has 35 heavy (non-hydrogen) atoms. The van der Waals surface area contributed by atoms with Crippen LogP contribution in [0.5, 0.6) is 0 Å². The number of carbonyl (C=O) groups excluding carboxylic acids is 1. The van der Waals surface area contributed by atoms with Gasteiger partial charge in [-0.1, -0.05) is 59.8 Å². The molecule has 0 atom stereocenters. The van der Waals surface area contributed by atoms with Crippen molar-refractivity contribution in [1.29, 1.82) is 0 Å². The quantitative estimate of drug-likeness (QED) is 0.389. The van der Waals surface area contributed by atoms with Crippen LogP contribution in [0.1, 0.15) is 11.1 Å². The Kier molecular flexibility index (Phi) is 6.81. The number of thioether (sulfide) groups is 1. The van der Waals surface area contributed by atoms with Gasteiger partial charge in [-0.3, -0.25) is 14.2 Å². The fourth-order valence-electron chi connectivity index (χ4n) is 4.24. The molecule has 2 aromatic heterocycles. The molecule has 178 valence electrons.